The Hall–Kier alpha value is -5.33. The molecule has 0 bridgehead atoms. The van der Waals surface area contributed by atoms with Crippen molar-refractivity contribution < 1.29 is 61.6 Å². The summed E-state index contributed by atoms with van der Waals surface area (Å²) in [6, 6.07) is 37.3. The van der Waals surface area contributed by atoms with Crippen molar-refractivity contribution in [3.63, 3.8) is 0 Å². The largest absolute Gasteiger partial charge is 0.511 e. The maximum absolute atomic E-state index is 14.5. The fraction of sp³-hybridized carbons (Fsp3) is 0.533. The van der Waals surface area contributed by atoms with Crippen LogP contribution in [0, 0.1) is 52.3 Å². The minimum atomic E-state index is -3.98. The molecule has 1 N–H and O–H groups in total. The monoisotopic (exact) mass is 1030 g/mol. The molecule has 11 atom stereocenters. The molecule has 4 fully saturated rings. The lowest BCUT2D eigenvalue weighted by atomic mass is 9.43. The van der Waals surface area contributed by atoms with Crippen molar-refractivity contribution in [1.82, 2.24) is 0 Å². The van der Waals surface area contributed by atoms with Crippen LogP contribution in [0.25, 0.3) is 0 Å². The van der Waals surface area contributed by atoms with E-state index in [4.69, 9.17) is 32.7 Å². The third-order valence-electron chi connectivity index (χ3n) is 17.4. The van der Waals surface area contributed by atoms with Gasteiger partial charge in [-0.1, -0.05) is 142 Å². The molecular formula is C60H75O13P. The maximum Gasteiger partial charge on any atom is 0.511 e. The van der Waals surface area contributed by atoms with E-state index in [0.29, 0.717) is 48.9 Å². The summed E-state index contributed by atoms with van der Waals surface area (Å²) in [5.74, 6) is -0.433. The number of esters is 3. The van der Waals surface area contributed by atoms with Crippen molar-refractivity contribution in [3.8, 4) is 0 Å². The van der Waals surface area contributed by atoms with Gasteiger partial charge in [0.1, 0.15) is 19.3 Å². The molecule has 0 radical (unpaired) electrons. The summed E-state index contributed by atoms with van der Waals surface area (Å²) in [5, 5.41) is 12.1. The number of carbonyl (C=O) groups is 4. The number of carbonyl (C=O) groups excluding carboxylic acids is 4. The fourth-order valence-electron chi connectivity index (χ4n) is 13.3. The highest BCUT2D eigenvalue weighted by molar-refractivity contribution is 7.53. The number of rotatable bonds is 23. The SMILES string of the molecule is C[C@H](CCC(=O)OCc1ccccc1)C1CCC2C3CC[C@@H]4C[C@H](OC(=O)OCOC(=O)CCC(CP(=O)(OCc5ccccc5)OCc5ccccc5)C(=O)OCc5ccccc5)CC[C@]4(C)C3C[C@H](O)[C@@]21C. The lowest BCUT2D eigenvalue weighted by Crippen LogP contribution is -2.59. The first-order valence-corrected chi connectivity index (χ1v) is 28.5. The van der Waals surface area contributed by atoms with Gasteiger partial charge in [-0.15, -0.1) is 0 Å². The molecule has 4 aromatic carbocycles. The highest BCUT2D eigenvalue weighted by Gasteiger charge is 2.64. The number of hydrogen-bond acceptors (Lipinski definition) is 13. The van der Waals surface area contributed by atoms with E-state index < -0.39 is 44.5 Å². The molecule has 0 heterocycles. The zero-order valence-electron chi connectivity index (χ0n) is 43.3. The van der Waals surface area contributed by atoms with Gasteiger partial charge in [0.25, 0.3) is 0 Å². The Bertz CT molecular complexity index is 2450. The average molecular weight is 1040 g/mol. The van der Waals surface area contributed by atoms with Crippen molar-refractivity contribution in [1.29, 1.82) is 0 Å². The minimum absolute atomic E-state index is 0.00164. The fourth-order valence-corrected chi connectivity index (χ4v) is 15.2. The summed E-state index contributed by atoms with van der Waals surface area (Å²) >= 11 is 0. The van der Waals surface area contributed by atoms with Gasteiger partial charge in [-0.3, -0.25) is 18.9 Å². The molecule has 0 spiro atoms. The Balaban J connectivity index is 0.801. The molecular weight excluding hydrogens is 960 g/mol. The lowest BCUT2D eigenvalue weighted by molar-refractivity contribution is -0.177. The van der Waals surface area contributed by atoms with Gasteiger partial charge in [-0.2, -0.15) is 0 Å². The number of fused-ring (bicyclic) bond motifs is 5. The van der Waals surface area contributed by atoms with Crippen molar-refractivity contribution in [3.05, 3.63) is 144 Å². The molecule has 4 saturated carbocycles. The number of benzene rings is 4. The zero-order chi connectivity index (χ0) is 52.1. The van der Waals surface area contributed by atoms with Crippen LogP contribution in [0.3, 0.4) is 0 Å². The second kappa shape index (κ2) is 25.5. The molecule has 74 heavy (non-hydrogen) atoms. The van der Waals surface area contributed by atoms with E-state index in [1.54, 1.807) is 0 Å². The molecule has 4 aliphatic rings. The Morgan fingerprint density at radius 3 is 1.76 bits per heavy atom. The van der Waals surface area contributed by atoms with E-state index >= 15 is 0 Å². The topological polar surface area (TPSA) is 170 Å². The Labute approximate surface area is 436 Å². The number of aliphatic hydroxyl groups excluding tert-OH is 1. The zero-order valence-corrected chi connectivity index (χ0v) is 44.2. The van der Waals surface area contributed by atoms with Gasteiger partial charge in [0.05, 0.1) is 31.4 Å². The van der Waals surface area contributed by atoms with Crippen molar-refractivity contribution >= 4 is 31.7 Å². The molecule has 8 rings (SSSR count). The predicted octanol–water partition coefficient (Wildman–Crippen LogP) is 12.6. The average Bonchev–Trinajstić information content (AvgIpc) is 3.79. The van der Waals surface area contributed by atoms with Gasteiger partial charge in [-0.25, -0.2) is 4.79 Å². The standard InChI is InChI=1S/C60H75O13P/c1-42(24-30-55(62)67-36-43-16-8-4-9-17-43)51-28-29-52-50-27-26-48-34-49(32-33-59(48,2)53(50)35-54(61)60(51,52)3)73-58(65)70-41-69-56(63)31-25-47(57(64)68-37-44-18-10-5-11-19-44)40-74(66,71-38-45-20-12-6-13-21-45)72-39-46-22-14-7-15-23-46/h4-23,42,47-54,61H,24-41H2,1-3H3/t42-,47?,48-,49-,50?,51?,52?,53?,54+,59+,60-/m1/s1. The van der Waals surface area contributed by atoms with Crippen LogP contribution in [0.4, 0.5) is 4.79 Å². The highest BCUT2D eigenvalue weighted by Crippen LogP contribution is 2.68. The van der Waals surface area contributed by atoms with Crippen LogP contribution in [-0.2, 0) is 78.1 Å². The second-order valence-electron chi connectivity index (χ2n) is 21.8. The molecule has 398 valence electrons. The van der Waals surface area contributed by atoms with Crippen LogP contribution in [0.5, 0.6) is 0 Å². The van der Waals surface area contributed by atoms with E-state index in [0.717, 1.165) is 67.2 Å². The molecule has 0 amide bonds. The van der Waals surface area contributed by atoms with Crippen LogP contribution in [-0.4, -0.2) is 54.3 Å². The summed E-state index contributed by atoms with van der Waals surface area (Å²) in [6.45, 7) is 6.47. The molecule has 14 heteroatoms. The normalized spacial score (nSPS) is 27.0. The van der Waals surface area contributed by atoms with Gasteiger partial charge < -0.3 is 37.8 Å². The van der Waals surface area contributed by atoms with Crippen LogP contribution in [0.15, 0.2) is 121 Å². The Morgan fingerprint density at radius 1 is 0.622 bits per heavy atom. The van der Waals surface area contributed by atoms with Crippen molar-refractivity contribution in [2.75, 3.05) is 13.0 Å². The minimum Gasteiger partial charge on any atom is -0.461 e. The van der Waals surface area contributed by atoms with Crippen LogP contribution in [0.2, 0.25) is 0 Å². The number of ether oxygens (including phenoxy) is 5. The quantitative estimate of drug-likeness (QED) is 0.0322. The first kappa shape index (κ1) is 54.9. The highest BCUT2D eigenvalue weighted by atomic mass is 31.2. The van der Waals surface area contributed by atoms with Gasteiger partial charge in [0, 0.05) is 12.8 Å². The predicted molar refractivity (Wildman–Crippen MR) is 277 cm³/mol. The number of hydrogen-bond donors (Lipinski definition) is 1. The third kappa shape index (κ3) is 13.9. The number of aliphatic hydroxyl groups is 1. The van der Waals surface area contributed by atoms with Gasteiger partial charge >= 0.3 is 31.7 Å². The molecule has 4 aromatic rings. The van der Waals surface area contributed by atoms with Gasteiger partial charge in [0.2, 0.25) is 6.79 Å². The Kier molecular flexibility index (Phi) is 18.9. The van der Waals surface area contributed by atoms with E-state index in [1.165, 1.54) is 0 Å². The summed E-state index contributed by atoms with van der Waals surface area (Å²) in [6.07, 6.45) is 5.90. The molecule has 5 unspecified atom stereocenters. The van der Waals surface area contributed by atoms with E-state index in [-0.39, 0.29) is 74.3 Å². The smallest absolute Gasteiger partial charge is 0.461 e. The first-order chi connectivity index (χ1) is 35.7. The third-order valence-corrected chi connectivity index (χ3v) is 19.4. The maximum atomic E-state index is 14.5. The van der Waals surface area contributed by atoms with Gasteiger partial charge in [-0.05, 0) is 133 Å². The first-order valence-electron chi connectivity index (χ1n) is 26.8. The van der Waals surface area contributed by atoms with E-state index in [2.05, 4.69) is 20.8 Å². The van der Waals surface area contributed by atoms with E-state index in [9.17, 15) is 28.8 Å². The second-order valence-corrected chi connectivity index (χ2v) is 23.9. The van der Waals surface area contributed by atoms with Crippen molar-refractivity contribution in [2.24, 2.45) is 52.3 Å². The van der Waals surface area contributed by atoms with E-state index in [1.807, 2.05) is 121 Å². The van der Waals surface area contributed by atoms with Crippen LogP contribution in [0.1, 0.15) is 120 Å². The van der Waals surface area contributed by atoms with Gasteiger partial charge in [0.15, 0.2) is 0 Å². The van der Waals surface area contributed by atoms with Crippen LogP contribution < -0.4 is 0 Å². The Morgan fingerprint density at radius 2 is 1.16 bits per heavy atom. The molecule has 0 aliphatic heterocycles. The molecule has 0 aromatic heterocycles. The molecule has 0 saturated heterocycles. The summed E-state index contributed by atoms with van der Waals surface area (Å²) in [4.78, 5) is 52.6. The summed E-state index contributed by atoms with van der Waals surface area (Å²) in [5.41, 5.74) is 3.06. The molecule has 13 nitrogen and oxygen atoms in total. The summed E-state index contributed by atoms with van der Waals surface area (Å²) < 4.78 is 54.1. The van der Waals surface area contributed by atoms with Crippen LogP contribution >= 0.6 is 7.60 Å². The molecule has 4 aliphatic carbocycles. The summed E-state index contributed by atoms with van der Waals surface area (Å²) in [7, 11) is -3.98. The lowest BCUT2D eigenvalue weighted by Gasteiger charge is -2.62. The van der Waals surface area contributed by atoms with Crippen molar-refractivity contribution in [2.45, 2.75) is 136 Å².